The number of thioether (sulfide) groups is 1. The highest BCUT2D eigenvalue weighted by Gasteiger charge is 2.30. The summed E-state index contributed by atoms with van der Waals surface area (Å²) in [7, 11) is 0. The van der Waals surface area contributed by atoms with E-state index in [4.69, 9.17) is 5.26 Å². The molecule has 0 bridgehead atoms. The van der Waals surface area contributed by atoms with E-state index in [1.807, 2.05) is 0 Å². The van der Waals surface area contributed by atoms with Gasteiger partial charge >= 0.3 is 5.51 Å². The molecule has 1 fully saturated rings. The zero-order chi connectivity index (χ0) is 16.2. The minimum Gasteiger partial charge on any atom is -0.299 e. The molecule has 1 aliphatic heterocycles. The third-order valence-corrected chi connectivity index (χ3v) is 4.87. The summed E-state index contributed by atoms with van der Waals surface area (Å²) in [6.45, 7) is 4.75. The number of alkyl halides is 3. The molecule has 1 heterocycles. The van der Waals surface area contributed by atoms with Crippen LogP contribution in [0.15, 0.2) is 29.2 Å². The first-order valence-corrected chi connectivity index (χ1v) is 8.05. The Bertz CT molecular complexity index is 526. The summed E-state index contributed by atoms with van der Waals surface area (Å²) in [5.74, 6) is 0. The van der Waals surface area contributed by atoms with Gasteiger partial charge in [0, 0.05) is 17.9 Å². The minimum absolute atomic E-state index is 0.0835. The molecule has 0 saturated carbocycles. The summed E-state index contributed by atoms with van der Waals surface area (Å²) in [5, 5.41) is 8.85. The number of halogens is 3. The molecule has 6 heteroatoms. The molecule has 0 aromatic heterocycles. The van der Waals surface area contributed by atoms with E-state index >= 15 is 0 Å². The van der Waals surface area contributed by atoms with Gasteiger partial charge in [-0.25, -0.2) is 0 Å². The summed E-state index contributed by atoms with van der Waals surface area (Å²) in [4.78, 5) is 2.52. The number of nitrogens with zero attached hydrogens (tertiary/aromatic N) is 2. The van der Waals surface area contributed by atoms with Gasteiger partial charge in [-0.05, 0) is 60.8 Å². The molecule has 0 spiro atoms. The minimum atomic E-state index is -4.24. The van der Waals surface area contributed by atoms with Crippen LogP contribution in [0.2, 0.25) is 0 Å². The first-order chi connectivity index (χ1) is 10.3. The Morgan fingerprint density at radius 3 is 2.32 bits per heavy atom. The SMILES string of the molecule is CC1(CC#N)CCN(Cc2ccc(SC(F)(F)F)cc2)CC1. The quantitative estimate of drug-likeness (QED) is 0.742. The summed E-state index contributed by atoms with van der Waals surface area (Å²) in [6.07, 6.45) is 2.56. The van der Waals surface area contributed by atoms with Crippen LogP contribution in [0.5, 0.6) is 0 Å². The standard InChI is InChI=1S/C16H19F3N2S/c1-15(6-9-20)7-10-21(11-8-15)12-13-2-4-14(5-3-13)22-16(17,18)19/h2-5H,6-8,10-12H2,1H3. The number of hydrogen-bond donors (Lipinski definition) is 0. The van der Waals surface area contributed by atoms with Crippen LogP contribution in [0.25, 0.3) is 0 Å². The average molecular weight is 328 g/mol. The lowest BCUT2D eigenvalue weighted by molar-refractivity contribution is -0.0328. The number of nitriles is 1. The van der Waals surface area contributed by atoms with Gasteiger partial charge in [0.05, 0.1) is 6.07 Å². The van der Waals surface area contributed by atoms with E-state index in [1.54, 1.807) is 12.1 Å². The summed E-state index contributed by atoms with van der Waals surface area (Å²) in [5.41, 5.74) is -3.10. The van der Waals surface area contributed by atoms with E-state index in [0.29, 0.717) is 6.42 Å². The van der Waals surface area contributed by atoms with Crippen LogP contribution in [-0.2, 0) is 6.54 Å². The predicted molar refractivity (Wildman–Crippen MR) is 81.2 cm³/mol. The van der Waals surface area contributed by atoms with Gasteiger partial charge in [0.2, 0.25) is 0 Å². The van der Waals surface area contributed by atoms with Crippen molar-refractivity contribution in [2.45, 2.75) is 43.1 Å². The Morgan fingerprint density at radius 2 is 1.82 bits per heavy atom. The Morgan fingerprint density at radius 1 is 1.23 bits per heavy atom. The zero-order valence-corrected chi connectivity index (χ0v) is 13.3. The van der Waals surface area contributed by atoms with Crippen molar-refractivity contribution in [1.82, 2.24) is 4.90 Å². The molecule has 120 valence electrons. The molecule has 1 saturated heterocycles. The second-order valence-corrected chi connectivity index (χ2v) is 7.25. The van der Waals surface area contributed by atoms with Gasteiger partial charge < -0.3 is 0 Å². The Kier molecular flexibility index (Phi) is 5.41. The average Bonchev–Trinajstić information content (AvgIpc) is 2.42. The van der Waals surface area contributed by atoms with Crippen LogP contribution in [0.1, 0.15) is 31.7 Å². The third kappa shape index (κ3) is 5.22. The maximum absolute atomic E-state index is 12.3. The van der Waals surface area contributed by atoms with Gasteiger partial charge in [-0.3, -0.25) is 4.90 Å². The van der Waals surface area contributed by atoms with E-state index in [1.165, 1.54) is 12.1 Å². The molecule has 1 aliphatic rings. The number of benzene rings is 1. The van der Waals surface area contributed by atoms with Crippen LogP contribution in [0.3, 0.4) is 0 Å². The Labute approximate surface area is 133 Å². The van der Waals surface area contributed by atoms with Crippen molar-refractivity contribution < 1.29 is 13.2 Å². The fourth-order valence-corrected chi connectivity index (χ4v) is 3.21. The molecule has 0 unspecified atom stereocenters. The highest BCUT2D eigenvalue weighted by Crippen LogP contribution is 2.37. The number of piperidine rings is 1. The van der Waals surface area contributed by atoms with Crippen molar-refractivity contribution in [3.05, 3.63) is 29.8 Å². The fourth-order valence-electron chi connectivity index (χ4n) is 2.67. The van der Waals surface area contributed by atoms with Crippen LogP contribution in [0, 0.1) is 16.7 Å². The summed E-state index contributed by atoms with van der Waals surface area (Å²) >= 11 is -0.0835. The van der Waals surface area contributed by atoms with Gasteiger partial charge in [0.15, 0.2) is 0 Å². The molecular weight excluding hydrogens is 309 g/mol. The van der Waals surface area contributed by atoms with E-state index < -0.39 is 5.51 Å². The van der Waals surface area contributed by atoms with Crippen LogP contribution < -0.4 is 0 Å². The molecule has 1 aromatic carbocycles. The normalized spacial score (nSPS) is 18.9. The van der Waals surface area contributed by atoms with Gasteiger partial charge in [0.1, 0.15) is 0 Å². The van der Waals surface area contributed by atoms with Gasteiger partial charge in [-0.15, -0.1) is 0 Å². The first kappa shape index (κ1) is 17.2. The lowest BCUT2D eigenvalue weighted by Gasteiger charge is -2.38. The number of likely N-dealkylation sites (tertiary alicyclic amines) is 1. The Balaban J connectivity index is 1.86. The van der Waals surface area contributed by atoms with E-state index in [0.717, 1.165) is 38.0 Å². The molecular formula is C16H19F3N2S. The van der Waals surface area contributed by atoms with E-state index in [2.05, 4.69) is 17.9 Å². The largest absolute Gasteiger partial charge is 0.446 e. The highest BCUT2D eigenvalue weighted by molar-refractivity contribution is 8.00. The third-order valence-electron chi connectivity index (χ3n) is 4.13. The van der Waals surface area contributed by atoms with Crippen molar-refractivity contribution in [1.29, 1.82) is 5.26 Å². The smallest absolute Gasteiger partial charge is 0.299 e. The topological polar surface area (TPSA) is 27.0 Å². The maximum atomic E-state index is 12.3. The second kappa shape index (κ2) is 6.93. The van der Waals surface area contributed by atoms with Crippen LogP contribution in [0.4, 0.5) is 13.2 Å². The molecule has 0 amide bonds. The van der Waals surface area contributed by atoms with Gasteiger partial charge in [-0.2, -0.15) is 18.4 Å². The monoisotopic (exact) mass is 328 g/mol. The molecule has 0 N–H and O–H groups in total. The highest BCUT2D eigenvalue weighted by atomic mass is 32.2. The Hall–Kier alpha value is -1.19. The van der Waals surface area contributed by atoms with Gasteiger partial charge in [0.25, 0.3) is 0 Å². The molecule has 2 rings (SSSR count). The van der Waals surface area contributed by atoms with Crippen molar-refractivity contribution in [3.63, 3.8) is 0 Å². The van der Waals surface area contributed by atoms with Crippen molar-refractivity contribution in [2.75, 3.05) is 13.1 Å². The van der Waals surface area contributed by atoms with Crippen LogP contribution >= 0.6 is 11.8 Å². The lowest BCUT2D eigenvalue weighted by Crippen LogP contribution is -2.38. The maximum Gasteiger partial charge on any atom is 0.446 e. The molecule has 0 aliphatic carbocycles. The second-order valence-electron chi connectivity index (χ2n) is 6.11. The predicted octanol–water partition coefficient (Wildman–Crippen LogP) is 4.81. The number of hydrogen-bond acceptors (Lipinski definition) is 3. The van der Waals surface area contributed by atoms with Crippen molar-refractivity contribution >= 4 is 11.8 Å². The van der Waals surface area contributed by atoms with Crippen molar-refractivity contribution in [3.8, 4) is 6.07 Å². The molecule has 22 heavy (non-hydrogen) atoms. The number of rotatable bonds is 4. The van der Waals surface area contributed by atoms with Crippen LogP contribution in [-0.4, -0.2) is 23.5 Å². The molecule has 0 radical (unpaired) electrons. The lowest BCUT2D eigenvalue weighted by atomic mass is 9.78. The summed E-state index contributed by atoms with van der Waals surface area (Å²) in [6, 6.07) is 8.83. The fraction of sp³-hybridized carbons (Fsp3) is 0.562. The van der Waals surface area contributed by atoms with Crippen molar-refractivity contribution in [2.24, 2.45) is 5.41 Å². The molecule has 2 nitrogen and oxygen atoms in total. The van der Waals surface area contributed by atoms with E-state index in [-0.39, 0.29) is 22.1 Å². The zero-order valence-electron chi connectivity index (χ0n) is 12.5. The summed E-state index contributed by atoms with van der Waals surface area (Å²) < 4.78 is 36.8. The van der Waals surface area contributed by atoms with E-state index in [9.17, 15) is 13.2 Å². The molecule has 1 aromatic rings. The first-order valence-electron chi connectivity index (χ1n) is 7.24. The molecule has 0 atom stereocenters. The van der Waals surface area contributed by atoms with Gasteiger partial charge in [-0.1, -0.05) is 19.1 Å².